The van der Waals surface area contributed by atoms with Crippen molar-refractivity contribution in [2.75, 3.05) is 19.5 Å². The molecule has 0 saturated carbocycles. The van der Waals surface area contributed by atoms with Crippen LogP contribution in [0.25, 0.3) is 0 Å². The highest BCUT2D eigenvalue weighted by Gasteiger charge is 2.18. The summed E-state index contributed by atoms with van der Waals surface area (Å²) in [4.78, 5) is 10.9. The van der Waals surface area contributed by atoms with E-state index >= 15 is 0 Å². The monoisotopic (exact) mass is 275 g/mol. The van der Waals surface area contributed by atoms with Crippen molar-refractivity contribution >= 4 is 30.1 Å². The zero-order valence-electron chi connectivity index (χ0n) is 9.80. The van der Waals surface area contributed by atoms with E-state index in [1.54, 1.807) is 24.3 Å². The van der Waals surface area contributed by atoms with E-state index in [4.69, 9.17) is 25.4 Å². The molecule has 0 fully saturated rings. The lowest BCUT2D eigenvalue weighted by atomic mass is 10.3. The molecule has 1 aromatic carbocycles. The van der Waals surface area contributed by atoms with Gasteiger partial charge in [0.05, 0.1) is 0 Å². The van der Waals surface area contributed by atoms with Crippen LogP contribution in [0, 0.1) is 0 Å². The van der Waals surface area contributed by atoms with Gasteiger partial charge in [-0.3, -0.25) is 4.79 Å². The number of anilines is 1. The zero-order chi connectivity index (χ0) is 12.9. The summed E-state index contributed by atoms with van der Waals surface area (Å²) >= 11 is 5.07. The van der Waals surface area contributed by atoms with E-state index in [-0.39, 0.29) is 5.91 Å². The smallest absolute Gasteiger partial charge is 0.380 e. The molecule has 0 heterocycles. The lowest BCUT2D eigenvalue weighted by molar-refractivity contribution is -0.114. The standard InChI is InChI=1S/C10H14NO4PS/c1-8(12)11-9-5-4-6-10(7-9)15-16(17,13-2)14-3/h4-7H,1-3H3,(H,11,12). The van der Waals surface area contributed by atoms with Crippen molar-refractivity contribution in [1.82, 2.24) is 0 Å². The van der Waals surface area contributed by atoms with Crippen LogP contribution in [0.5, 0.6) is 5.75 Å². The molecule has 0 aliphatic heterocycles. The molecule has 0 aromatic heterocycles. The van der Waals surface area contributed by atoms with E-state index in [0.717, 1.165) is 0 Å². The van der Waals surface area contributed by atoms with Gasteiger partial charge in [0.2, 0.25) is 5.91 Å². The van der Waals surface area contributed by atoms with E-state index in [1.165, 1.54) is 21.1 Å². The van der Waals surface area contributed by atoms with Gasteiger partial charge in [-0.25, -0.2) is 0 Å². The second-order valence-corrected chi connectivity index (χ2v) is 6.26. The van der Waals surface area contributed by atoms with E-state index < -0.39 is 6.72 Å². The normalized spacial score (nSPS) is 11.0. The molecule has 94 valence electrons. The van der Waals surface area contributed by atoms with Gasteiger partial charge in [-0.1, -0.05) is 6.07 Å². The number of hydrogen-bond acceptors (Lipinski definition) is 5. The lowest BCUT2D eigenvalue weighted by Crippen LogP contribution is -2.05. The lowest BCUT2D eigenvalue weighted by Gasteiger charge is -2.18. The Labute approximate surface area is 105 Å². The summed E-state index contributed by atoms with van der Waals surface area (Å²) in [5, 5.41) is 2.64. The van der Waals surface area contributed by atoms with E-state index in [2.05, 4.69) is 5.32 Å². The summed E-state index contributed by atoms with van der Waals surface area (Å²) in [6.45, 7) is -1.30. The van der Waals surface area contributed by atoms with Crippen LogP contribution < -0.4 is 9.84 Å². The van der Waals surface area contributed by atoms with Crippen LogP contribution in [0.1, 0.15) is 6.92 Å². The van der Waals surface area contributed by atoms with Crippen LogP contribution in [0.4, 0.5) is 5.69 Å². The first-order valence-corrected chi connectivity index (χ1v) is 7.33. The molecule has 5 nitrogen and oxygen atoms in total. The first-order valence-electron chi connectivity index (χ1n) is 4.78. The third-order valence-corrected chi connectivity index (χ3v) is 4.27. The highest BCUT2D eigenvalue weighted by molar-refractivity contribution is 8.07. The molecule has 1 aromatic rings. The Balaban J connectivity index is 2.85. The maximum atomic E-state index is 10.9. The average Bonchev–Trinajstić information content (AvgIpc) is 2.28. The van der Waals surface area contributed by atoms with Crippen LogP contribution in [0.3, 0.4) is 0 Å². The minimum absolute atomic E-state index is 0.153. The SMILES string of the molecule is COP(=S)(OC)Oc1cccc(NC(C)=O)c1. The Morgan fingerprint density at radius 1 is 1.35 bits per heavy atom. The number of hydrogen-bond donors (Lipinski definition) is 1. The molecule has 0 aliphatic carbocycles. The van der Waals surface area contributed by atoms with Crippen LogP contribution in [-0.4, -0.2) is 20.1 Å². The third kappa shape index (κ3) is 4.44. The predicted molar refractivity (Wildman–Crippen MR) is 69.7 cm³/mol. The largest absolute Gasteiger partial charge is 0.424 e. The summed E-state index contributed by atoms with van der Waals surface area (Å²) in [5.41, 5.74) is 0.628. The number of benzene rings is 1. The summed E-state index contributed by atoms with van der Waals surface area (Å²) in [6.07, 6.45) is 0. The molecular weight excluding hydrogens is 261 g/mol. The maximum Gasteiger partial charge on any atom is 0.380 e. The molecule has 0 unspecified atom stereocenters. The van der Waals surface area contributed by atoms with Crippen molar-refractivity contribution in [3.8, 4) is 5.75 Å². The molecule has 0 bridgehead atoms. The Kier molecular flexibility index (Phi) is 5.08. The Morgan fingerprint density at radius 2 is 2.00 bits per heavy atom. The Morgan fingerprint density at radius 3 is 2.53 bits per heavy atom. The highest BCUT2D eigenvalue weighted by atomic mass is 32.5. The second-order valence-electron chi connectivity index (χ2n) is 3.11. The first-order chi connectivity index (χ1) is 7.99. The minimum atomic E-state index is -2.74. The first kappa shape index (κ1) is 14.1. The number of carbonyl (C=O) groups excluding carboxylic acids is 1. The molecule has 17 heavy (non-hydrogen) atoms. The van der Waals surface area contributed by atoms with Gasteiger partial charge in [0, 0.05) is 44.7 Å². The molecule has 1 N–H and O–H groups in total. The van der Waals surface area contributed by atoms with Crippen LogP contribution >= 0.6 is 6.72 Å². The molecule has 0 aliphatic rings. The average molecular weight is 275 g/mol. The van der Waals surface area contributed by atoms with Gasteiger partial charge in [0.1, 0.15) is 5.75 Å². The van der Waals surface area contributed by atoms with Crippen molar-refractivity contribution in [3.05, 3.63) is 24.3 Å². The van der Waals surface area contributed by atoms with Gasteiger partial charge in [0.25, 0.3) is 0 Å². The summed E-state index contributed by atoms with van der Waals surface area (Å²) in [7, 11) is 2.86. The van der Waals surface area contributed by atoms with Crippen molar-refractivity contribution in [2.45, 2.75) is 6.92 Å². The third-order valence-electron chi connectivity index (χ3n) is 1.82. The maximum absolute atomic E-state index is 10.9. The number of carbonyl (C=O) groups is 1. The predicted octanol–water partition coefficient (Wildman–Crippen LogP) is 2.54. The van der Waals surface area contributed by atoms with E-state index in [9.17, 15) is 4.79 Å². The van der Waals surface area contributed by atoms with Crippen LogP contribution in [0.2, 0.25) is 0 Å². The summed E-state index contributed by atoms with van der Waals surface area (Å²) < 4.78 is 15.5. The van der Waals surface area contributed by atoms with Crippen LogP contribution in [-0.2, 0) is 25.6 Å². The number of amides is 1. The summed E-state index contributed by atoms with van der Waals surface area (Å²) in [5.74, 6) is 0.336. The van der Waals surface area contributed by atoms with E-state index in [0.29, 0.717) is 11.4 Å². The molecule has 0 spiro atoms. The van der Waals surface area contributed by atoms with E-state index in [1.807, 2.05) is 0 Å². The molecule has 1 amide bonds. The molecule has 0 atom stereocenters. The zero-order valence-corrected chi connectivity index (χ0v) is 11.5. The quantitative estimate of drug-likeness (QED) is 0.837. The minimum Gasteiger partial charge on any atom is -0.424 e. The van der Waals surface area contributed by atoms with Gasteiger partial charge in [-0.2, -0.15) is 0 Å². The van der Waals surface area contributed by atoms with Crippen LogP contribution in [0.15, 0.2) is 24.3 Å². The molecule has 1 rings (SSSR count). The molecule has 7 heteroatoms. The molecule has 0 saturated heterocycles. The fourth-order valence-electron chi connectivity index (χ4n) is 1.11. The van der Waals surface area contributed by atoms with Crippen molar-refractivity contribution in [1.29, 1.82) is 0 Å². The highest BCUT2D eigenvalue weighted by Crippen LogP contribution is 2.48. The number of nitrogens with one attached hydrogen (secondary N) is 1. The fraction of sp³-hybridized carbons (Fsp3) is 0.300. The summed E-state index contributed by atoms with van der Waals surface area (Å²) in [6, 6.07) is 6.86. The molecular formula is C10H14NO4PS. The van der Waals surface area contributed by atoms with Gasteiger partial charge in [-0.15, -0.1) is 0 Å². The topological polar surface area (TPSA) is 56.8 Å². The Bertz CT molecular complexity index is 444. The van der Waals surface area contributed by atoms with Crippen molar-refractivity contribution in [2.24, 2.45) is 0 Å². The van der Waals surface area contributed by atoms with Crippen molar-refractivity contribution < 1.29 is 18.4 Å². The molecule has 0 radical (unpaired) electrons. The number of rotatable bonds is 5. The van der Waals surface area contributed by atoms with Gasteiger partial charge in [-0.05, 0) is 12.1 Å². The second kappa shape index (κ2) is 6.12. The Hall–Kier alpha value is -0.940. The van der Waals surface area contributed by atoms with Gasteiger partial charge >= 0.3 is 6.72 Å². The van der Waals surface area contributed by atoms with Crippen molar-refractivity contribution in [3.63, 3.8) is 0 Å². The van der Waals surface area contributed by atoms with Gasteiger partial charge < -0.3 is 18.9 Å². The van der Waals surface area contributed by atoms with Gasteiger partial charge in [0.15, 0.2) is 0 Å². The fourth-order valence-corrected chi connectivity index (χ4v) is 2.04.